The van der Waals surface area contributed by atoms with Crippen molar-refractivity contribution in [3.05, 3.63) is 51.4 Å². The second-order valence-corrected chi connectivity index (χ2v) is 5.12. The van der Waals surface area contributed by atoms with Gasteiger partial charge in [-0.2, -0.15) is 26.3 Å². The highest BCUT2D eigenvalue weighted by atomic mass is 127. The van der Waals surface area contributed by atoms with Crippen LogP contribution in [0, 0.1) is 3.70 Å². The van der Waals surface area contributed by atoms with Crippen LogP contribution in [0.1, 0.15) is 11.1 Å². The second-order valence-electron chi connectivity index (χ2n) is 4.10. The number of halogens is 7. The van der Waals surface area contributed by atoms with Crippen LogP contribution in [0.3, 0.4) is 0 Å². The van der Waals surface area contributed by atoms with Crippen LogP contribution in [0.15, 0.2) is 36.5 Å². The minimum absolute atomic E-state index is 0.155. The van der Waals surface area contributed by atoms with Gasteiger partial charge < -0.3 is 0 Å². The van der Waals surface area contributed by atoms with Crippen molar-refractivity contribution in [3.63, 3.8) is 0 Å². The lowest BCUT2D eigenvalue weighted by molar-refractivity contribution is -0.138. The van der Waals surface area contributed by atoms with Crippen LogP contribution >= 0.6 is 22.6 Å². The molecule has 1 aromatic carbocycles. The number of pyridine rings is 1. The number of hydrogen-bond donors (Lipinski definition) is 0. The zero-order chi connectivity index (χ0) is 15.8. The number of hydrogen-bond acceptors (Lipinski definition) is 1. The smallest absolute Gasteiger partial charge is 0.250 e. The Morgan fingerprint density at radius 1 is 0.905 bits per heavy atom. The Kier molecular flexibility index (Phi) is 4.18. The van der Waals surface area contributed by atoms with Crippen molar-refractivity contribution >= 4 is 22.6 Å². The van der Waals surface area contributed by atoms with Gasteiger partial charge in [0, 0.05) is 6.20 Å². The Hall–Kier alpha value is -1.32. The fourth-order valence-corrected chi connectivity index (χ4v) is 2.57. The highest BCUT2D eigenvalue weighted by Gasteiger charge is 2.37. The average molecular weight is 417 g/mol. The molecule has 0 radical (unpaired) electrons. The molecule has 0 N–H and O–H groups in total. The van der Waals surface area contributed by atoms with Gasteiger partial charge in [0.25, 0.3) is 0 Å². The third kappa shape index (κ3) is 3.47. The molecule has 0 fully saturated rings. The molecule has 0 aliphatic heterocycles. The van der Waals surface area contributed by atoms with E-state index in [1.165, 1.54) is 28.7 Å². The molecule has 0 aliphatic carbocycles. The van der Waals surface area contributed by atoms with Crippen molar-refractivity contribution in [2.75, 3.05) is 0 Å². The van der Waals surface area contributed by atoms with Crippen LogP contribution in [0.25, 0.3) is 11.1 Å². The fraction of sp³-hybridized carbons (Fsp3) is 0.154. The van der Waals surface area contributed by atoms with Crippen molar-refractivity contribution in [1.82, 2.24) is 4.98 Å². The largest absolute Gasteiger partial charge is 0.419 e. The molecule has 0 bridgehead atoms. The van der Waals surface area contributed by atoms with E-state index in [1.54, 1.807) is 0 Å². The first-order chi connectivity index (χ1) is 9.60. The average Bonchev–Trinajstić information content (AvgIpc) is 2.36. The van der Waals surface area contributed by atoms with Gasteiger partial charge in [-0.3, -0.25) is 0 Å². The Balaban J connectivity index is 2.66. The second kappa shape index (κ2) is 5.47. The van der Waals surface area contributed by atoms with E-state index in [4.69, 9.17) is 0 Å². The maximum Gasteiger partial charge on any atom is 0.419 e. The van der Waals surface area contributed by atoms with Crippen molar-refractivity contribution in [3.8, 4) is 11.1 Å². The summed E-state index contributed by atoms with van der Waals surface area (Å²) < 4.78 is 76.9. The summed E-state index contributed by atoms with van der Waals surface area (Å²) in [7, 11) is 0. The van der Waals surface area contributed by atoms with E-state index in [2.05, 4.69) is 4.98 Å². The molecule has 1 nitrogen and oxygen atoms in total. The summed E-state index contributed by atoms with van der Waals surface area (Å²) in [4.78, 5) is 3.55. The number of alkyl halides is 6. The molecule has 0 atom stereocenters. The quantitative estimate of drug-likeness (QED) is 0.345. The first-order valence-corrected chi connectivity index (χ1v) is 6.58. The summed E-state index contributed by atoms with van der Waals surface area (Å²) in [5.41, 5.74) is -2.52. The van der Waals surface area contributed by atoms with E-state index in [1.807, 2.05) is 0 Å². The van der Waals surface area contributed by atoms with E-state index in [-0.39, 0.29) is 14.8 Å². The van der Waals surface area contributed by atoms with Gasteiger partial charge in [-0.15, -0.1) is 0 Å². The van der Waals surface area contributed by atoms with Crippen molar-refractivity contribution in [2.45, 2.75) is 12.4 Å². The van der Waals surface area contributed by atoms with Gasteiger partial charge >= 0.3 is 12.4 Å². The first-order valence-electron chi connectivity index (χ1n) is 5.50. The topological polar surface area (TPSA) is 12.9 Å². The minimum atomic E-state index is -4.70. The molecule has 0 aliphatic rings. The van der Waals surface area contributed by atoms with Crippen LogP contribution in [-0.2, 0) is 12.4 Å². The van der Waals surface area contributed by atoms with Gasteiger partial charge in [0.2, 0.25) is 0 Å². The third-order valence-electron chi connectivity index (χ3n) is 2.69. The highest BCUT2D eigenvalue weighted by molar-refractivity contribution is 14.1. The molecule has 0 saturated carbocycles. The third-order valence-corrected chi connectivity index (χ3v) is 3.51. The van der Waals surface area contributed by atoms with Crippen LogP contribution < -0.4 is 0 Å². The zero-order valence-electron chi connectivity index (χ0n) is 10.1. The predicted octanol–water partition coefficient (Wildman–Crippen LogP) is 5.39. The lowest BCUT2D eigenvalue weighted by atomic mass is 9.99. The van der Waals surface area contributed by atoms with E-state index < -0.39 is 23.5 Å². The van der Waals surface area contributed by atoms with Crippen LogP contribution in [0.5, 0.6) is 0 Å². The molecule has 2 rings (SSSR count). The van der Waals surface area contributed by atoms with Gasteiger partial charge in [-0.25, -0.2) is 4.98 Å². The first kappa shape index (κ1) is 16.1. The van der Waals surface area contributed by atoms with Gasteiger partial charge in [-0.05, 0) is 51.9 Å². The molecular weight excluding hydrogens is 411 g/mol. The predicted molar refractivity (Wildman–Crippen MR) is 72.4 cm³/mol. The lowest BCUT2D eigenvalue weighted by Crippen LogP contribution is -2.11. The minimum Gasteiger partial charge on any atom is -0.250 e. The molecular formula is C13H6F6IN. The molecule has 0 spiro atoms. The number of rotatable bonds is 1. The van der Waals surface area contributed by atoms with Gasteiger partial charge in [0.05, 0.1) is 11.1 Å². The number of benzene rings is 1. The summed E-state index contributed by atoms with van der Waals surface area (Å²) in [6.07, 6.45) is -8.18. The SMILES string of the molecule is FC(F)(F)c1cccc(-c2ccnc(I)c2C(F)(F)F)c1. The molecule has 8 heteroatoms. The lowest BCUT2D eigenvalue weighted by Gasteiger charge is -2.15. The van der Waals surface area contributed by atoms with Crippen LogP contribution in [0.2, 0.25) is 0 Å². The van der Waals surface area contributed by atoms with E-state index in [9.17, 15) is 26.3 Å². The maximum absolute atomic E-state index is 13.1. The van der Waals surface area contributed by atoms with Crippen LogP contribution in [-0.4, -0.2) is 4.98 Å². The molecule has 1 aromatic heterocycles. The van der Waals surface area contributed by atoms with Gasteiger partial charge in [0.1, 0.15) is 3.70 Å². The van der Waals surface area contributed by atoms with Crippen LogP contribution in [0.4, 0.5) is 26.3 Å². The molecule has 0 saturated heterocycles. The van der Waals surface area contributed by atoms with Gasteiger partial charge in [-0.1, -0.05) is 12.1 Å². The normalized spacial score (nSPS) is 12.5. The zero-order valence-corrected chi connectivity index (χ0v) is 12.2. The Morgan fingerprint density at radius 2 is 1.57 bits per heavy atom. The maximum atomic E-state index is 13.1. The monoisotopic (exact) mass is 417 g/mol. The van der Waals surface area contributed by atoms with Crippen molar-refractivity contribution in [2.24, 2.45) is 0 Å². The number of aromatic nitrogens is 1. The summed E-state index contributed by atoms with van der Waals surface area (Å²) in [6.45, 7) is 0. The molecule has 0 amide bonds. The van der Waals surface area contributed by atoms with E-state index in [0.717, 1.165) is 24.4 Å². The van der Waals surface area contributed by atoms with E-state index in [0.29, 0.717) is 6.07 Å². The molecule has 112 valence electrons. The Bertz CT molecular complexity index is 662. The van der Waals surface area contributed by atoms with Crippen molar-refractivity contribution in [1.29, 1.82) is 0 Å². The molecule has 0 unspecified atom stereocenters. The van der Waals surface area contributed by atoms with Crippen molar-refractivity contribution < 1.29 is 26.3 Å². The Morgan fingerprint density at radius 3 is 2.14 bits per heavy atom. The Labute approximate surface area is 129 Å². The molecule has 1 heterocycles. The summed E-state index contributed by atoms with van der Waals surface area (Å²) in [6, 6.07) is 4.84. The molecule has 21 heavy (non-hydrogen) atoms. The summed E-state index contributed by atoms with van der Waals surface area (Å²) in [5, 5.41) is 0. The molecule has 2 aromatic rings. The number of nitrogens with zero attached hydrogens (tertiary/aromatic N) is 1. The van der Waals surface area contributed by atoms with E-state index >= 15 is 0 Å². The fourth-order valence-electron chi connectivity index (χ4n) is 1.81. The summed E-state index contributed by atoms with van der Waals surface area (Å²) in [5.74, 6) is 0. The summed E-state index contributed by atoms with van der Waals surface area (Å²) >= 11 is 1.41. The standard InChI is InChI=1S/C13H6F6IN/c14-12(15,16)8-3-1-2-7(6-8)9-4-5-21-11(20)10(9)13(17,18)19/h1-6H. The van der Waals surface area contributed by atoms with Gasteiger partial charge in [0.15, 0.2) is 0 Å². The highest BCUT2D eigenvalue weighted by Crippen LogP contribution is 2.40.